The lowest BCUT2D eigenvalue weighted by Crippen LogP contribution is -2.17. The van der Waals surface area contributed by atoms with Crippen LogP contribution in [0.4, 0.5) is 8.78 Å². The minimum Gasteiger partial charge on any atom is -0.324 e. The van der Waals surface area contributed by atoms with Crippen molar-refractivity contribution in [3.8, 4) is 0 Å². The molecule has 5 heteroatoms. The van der Waals surface area contributed by atoms with Gasteiger partial charge in [0.1, 0.15) is 11.6 Å². The lowest BCUT2D eigenvalue weighted by Gasteiger charge is -2.15. The van der Waals surface area contributed by atoms with E-state index in [-0.39, 0.29) is 16.5 Å². The summed E-state index contributed by atoms with van der Waals surface area (Å²) in [6, 6.07) is 5.66. The average molecular weight is 327 g/mol. The van der Waals surface area contributed by atoms with Gasteiger partial charge in [-0.2, -0.15) is 0 Å². The van der Waals surface area contributed by atoms with Crippen molar-refractivity contribution in [3.05, 3.63) is 63.4 Å². The molecule has 1 atom stereocenters. The third-order valence-electron chi connectivity index (χ3n) is 3.01. The maximum atomic E-state index is 13.9. The minimum atomic E-state index is -0.600. The Labute approximate surface area is 118 Å². The standard InChI is InChI=1S/C14H13BrF2N2/c1-8-9(3-2-6-19-8)13(18)7-10-12(16)5-4-11(15)14(10)17/h2-6,13H,7,18H2,1H3. The molecular formula is C14H13BrF2N2. The van der Waals surface area contributed by atoms with Gasteiger partial charge in [-0.15, -0.1) is 0 Å². The highest BCUT2D eigenvalue weighted by atomic mass is 79.9. The van der Waals surface area contributed by atoms with Gasteiger partial charge in [0.15, 0.2) is 0 Å². The fourth-order valence-corrected chi connectivity index (χ4v) is 2.35. The lowest BCUT2D eigenvalue weighted by atomic mass is 9.98. The molecule has 1 unspecified atom stereocenters. The third kappa shape index (κ3) is 2.98. The number of pyridine rings is 1. The van der Waals surface area contributed by atoms with Crippen molar-refractivity contribution < 1.29 is 8.78 Å². The number of rotatable bonds is 3. The van der Waals surface area contributed by atoms with Crippen LogP contribution in [-0.4, -0.2) is 4.98 Å². The Hall–Kier alpha value is -1.33. The Morgan fingerprint density at radius 1 is 1.32 bits per heavy atom. The van der Waals surface area contributed by atoms with Gasteiger partial charge in [-0.25, -0.2) is 8.78 Å². The fraction of sp³-hybridized carbons (Fsp3) is 0.214. The van der Waals surface area contributed by atoms with E-state index in [0.717, 1.165) is 11.3 Å². The average Bonchev–Trinajstić information content (AvgIpc) is 2.39. The number of nitrogens with two attached hydrogens (primary N) is 1. The molecule has 2 N–H and O–H groups in total. The highest BCUT2D eigenvalue weighted by molar-refractivity contribution is 9.10. The number of aryl methyl sites for hydroxylation is 1. The first kappa shape index (κ1) is 14.1. The Morgan fingerprint density at radius 3 is 2.74 bits per heavy atom. The van der Waals surface area contributed by atoms with Crippen LogP contribution < -0.4 is 5.73 Å². The van der Waals surface area contributed by atoms with Crippen LogP contribution in [0.1, 0.15) is 22.9 Å². The molecule has 0 saturated heterocycles. The second kappa shape index (κ2) is 5.75. The summed E-state index contributed by atoms with van der Waals surface area (Å²) in [4.78, 5) is 4.13. The van der Waals surface area contributed by atoms with Gasteiger partial charge in [0.2, 0.25) is 0 Å². The number of nitrogens with zero attached hydrogens (tertiary/aromatic N) is 1. The molecule has 0 aliphatic carbocycles. The summed E-state index contributed by atoms with van der Waals surface area (Å²) in [7, 11) is 0. The molecule has 0 radical (unpaired) electrons. The summed E-state index contributed by atoms with van der Waals surface area (Å²) in [6.45, 7) is 1.82. The van der Waals surface area contributed by atoms with Gasteiger partial charge >= 0.3 is 0 Å². The molecule has 19 heavy (non-hydrogen) atoms. The molecule has 0 aliphatic rings. The van der Waals surface area contributed by atoms with E-state index in [1.807, 2.05) is 13.0 Å². The van der Waals surface area contributed by atoms with Crippen LogP contribution in [0.3, 0.4) is 0 Å². The molecule has 1 aromatic heterocycles. The zero-order chi connectivity index (χ0) is 14.0. The van der Waals surface area contributed by atoms with Crippen LogP contribution in [0.15, 0.2) is 34.9 Å². The van der Waals surface area contributed by atoms with Crippen LogP contribution in [0.2, 0.25) is 0 Å². The fourth-order valence-electron chi connectivity index (χ4n) is 1.97. The molecule has 2 rings (SSSR count). The highest BCUT2D eigenvalue weighted by Crippen LogP contribution is 2.26. The summed E-state index contributed by atoms with van der Waals surface area (Å²) in [6.07, 6.45) is 1.75. The largest absolute Gasteiger partial charge is 0.324 e. The molecule has 0 fully saturated rings. The summed E-state index contributed by atoms with van der Waals surface area (Å²) >= 11 is 3.05. The number of halogens is 3. The van der Waals surface area contributed by atoms with E-state index in [9.17, 15) is 8.78 Å². The topological polar surface area (TPSA) is 38.9 Å². The van der Waals surface area contributed by atoms with E-state index in [2.05, 4.69) is 20.9 Å². The Kier molecular flexibility index (Phi) is 4.27. The van der Waals surface area contributed by atoms with Gasteiger partial charge in [0.25, 0.3) is 0 Å². The number of hydrogen-bond acceptors (Lipinski definition) is 2. The van der Waals surface area contributed by atoms with Crippen LogP contribution in [0.5, 0.6) is 0 Å². The van der Waals surface area contributed by atoms with Gasteiger partial charge in [0, 0.05) is 23.5 Å². The summed E-state index contributed by atoms with van der Waals surface area (Å²) in [5, 5.41) is 0. The summed E-state index contributed by atoms with van der Waals surface area (Å²) in [5.74, 6) is -1.19. The van der Waals surface area contributed by atoms with E-state index >= 15 is 0 Å². The van der Waals surface area contributed by atoms with Crippen molar-refractivity contribution in [1.29, 1.82) is 0 Å². The molecule has 0 amide bonds. The zero-order valence-corrected chi connectivity index (χ0v) is 11.9. The van der Waals surface area contributed by atoms with Crippen molar-refractivity contribution in [2.24, 2.45) is 5.73 Å². The number of hydrogen-bond donors (Lipinski definition) is 1. The van der Waals surface area contributed by atoms with Crippen LogP contribution in [0, 0.1) is 18.6 Å². The predicted molar refractivity (Wildman–Crippen MR) is 73.7 cm³/mol. The molecule has 2 nitrogen and oxygen atoms in total. The van der Waals surface area contributed by atoms with Crippen molar-refractivity contribution in [2.45, 2.75) is 19.4 Å². The van der Waals surface area contributed by atoms with Crippen LogP contribution in [-0.2, 0) is 6.42 Å². The monoisotopic (exact) mass is 326 g/mol. The Balaban J connectivity index is 2.32. The molecule has 0 aliphatic heterocycles. The Morgan fingerprint density at radius 2 is 2.05 bits per heavy atom. The first-order valence-corrected chi connectivity index (χ1v) is 6.59. The second-order valence-electron chi connectivity index (χ2n) is 4.31. The van der Waals surface area contributed by atoms with Crippen molar-refractivity contribution in [1.82, 2.24) is 4.98 Å². The predicted octanol–water partition coefficient (Wildman–Crippen LogP) is 3.67. The van der Waals surface area contributed by atoms with E-state index < -0.39 is 17.7 Å². The molecule has 0 saturated carbocycles. The van der Waals surface area contributed by atoms with Gasteiger partial charge in [-0.1, -0.05) is 6.07 Å². The van der Waals surface area contributed by atoms with E-state index in [1.54, 1.807) is 12.3 Å². The normalized spacial score (nSPS) is 12.5. The molecule has 1 heterocycles. The molecule has 2 aromatic rings. The minimum absolute atomic E-state index is 0.00914. The van der Waals surface area contributed by atoms with E-state index in [0.29, 0.717) is 0 Å². The van der Waals surface area contributed by atoms with Gasteiger partial charge in [-0.3, -0.25) is 4.98 Å². The van der Waals surface area contributed by atoms with Crippen LogP contribution >= 0.6 is 15.9 Å². The first-order valence-electron chi connectivity index (χ1n) is 5.80. The summed E-state index contributed by atoms with van der Waals surface area (Å²) < 4.78 is 27.8. The molecule has 1 aromatic carbocycles. The number of aromatic nitrogens is 1. The Bertz CT molecular complexity index is 602. The molecule has 0 spiro atoms. The first-order chi connectivity index (χ1) is 9.00. The molecular weight excluding hydrogens is 314 g/mol. The quantitative estimate of drug-likeness (QED) is 0.874. The smallest absolute Gasteiger partial charge is 0.143 e. The lowest BCUT2D eigenvalue weighted by molar-refractivity contribution is 0.535. The van der Waals surface area contributed by atoms with E-state index in [4.69, 9.17) is 5.73 Å². The highest BCUT2D eigenvalue weighted by Gasteiger charge is 2.17. The summed E-state index contributed by atoms with van der Waals surface area (Å²) in [5.41, 5.74) is 7.58. The third-order valence-corrected chi connectivity index (χ3v) is 3.62. The molecule has 0 bridgehead atoms. The SMILES string of the molecule is Cc1ncccc1C(N)Cc1c(F)ccc(Br)c1F. The molecule has 100 valence electrons. The van der Waals surface area contributed by atoms with Gasteiger partial charge in [-0.05, 0) is 53.0 Å². The maximum absolute atomic E-state index is 13.9. The van der Waals surface area contributed by atoms with Crippen molar-refractivity contribution in [3.63, 3.8) is 0 Å². The zero-order valence-electron chi connectivity index (χ0n) is 10.3. The van der Waals surface area contributed by atoms with Crippen molar-refractivity contribution in [2.75, 3.05) is 0 Å². The van der Waals surface area contributed by atoms with Gasteiger partial charge in [0.05, 0.1) is 4.47 Å². The number of benzene rings is 1. The van der Waals surface area contributed by atoms with Crippen LogP contribution in [0.25, 0.3) is 0 Å². The maximum Gasteiger partial charge on any atom is 0.143 e. The van der Waals surface area contributed by atoms with Crippen molar-refractivity contribution >= 4 is 15.9 Å². The van der Waals surface area contributed by atoms with E-state index in [1.165, 1.54) is 12.1 Å². The second-order valence-corrected chi connectivity index (χ2v) is 5.16. The van der Waals surface area contributed by atoms with Gasteiger partial charge < -0.3 is 5.73 Å².